The van der Waals surface area contributed by atoms with E-state index in [1.165, 1.54) is 25.6 Å². The fourth-order valence-electron chi connectivity index (χ4n) is 1.52. The maximum atomic E-state index is 3.55. The molecule has 0 amide bonds. The molecule has 0 heterocycles. The highest BCUT2D eigenvalue weighted by Gasteiger charge is 2.14. The second-order valence-corrected chi connectivity index (χ2v) is 4.80. The first-order valence-corrected chi connectivity index (χ1v) is 5.41. The van der Waals surface area contributed by atoms with Crippen LogP contribution in [-0.2, 0) is 6.42 Å². The Morgan fingerprint density at radius 3 is 2.50 bits per heavy atom. The van der Waals surface area contributed by atoms with Crippen LogP contribution >= 0.6 is 31.9 Å². The Morgan fingerprint density at radius 1 is 1.17 bits per heavy atom. The van der Waals surface area contributed by atoms with Gasteiger partial charge in [-0.3, -0.25) is 0 Å². The predicted octanol–water partition coefficient (Wildman–Crippen LogP) is 4.17. The van der Waals surface area contributed by atoms with Crippen LogP contribution in [0.3, 0.4) is 0 Å². The van der Waals surface area contributed by atoms with Gasteiger partial charge in [-0.15, -0.1) is 0 Å². The van der Waals surface area contributed by atoms with Gasteiger partial charge in [0.1, 0.15) is 0 Å². The van der Waals surface area contributed by atoms with E-state index < -0.39 is 0 Å². The Morgan fingerprint density at radius 2 is 1.83 bits per heavy atom. The molecule has 12 heavy (non-hydrogen) atoms. The molecule has 2 rings (SSSR count). The molecule has 0 fully saturated rings. The van der Waals surface area contributed by atoms with Gasteiger partial charge in [-0.1, -0.05) is 43.5 Å². The summed E-state index contributed by atoms with van der Waals surface area (Å²) in [7, 11) is 0. The van der Waals surface area contributed by atoms with Crippen molar-refractivity contribution in [2.24, 2.45) is 0 Å². The van der Waals surface area contributed by atoms with Crippen molar-refractivity contribution >= 4 is 37.9 Å². The molecule has 1 aliphatic rings. The van der Waals surface area contributed by atoms with Crippen molar-refractivity contribution in [3.05, 3.63) is 37.8 Å². The lowest BCUT2D eigenvalue weighted by Gasteiger charge is -2.03. The summed E-state index contributed by atoms with van der Waals surface area (Å²) in [4.78, 5) is 0. The molecule has 0 saturated carbocycles. The molecule has 0 bridgehead atoms. The van der Waals surface area contributed by atoms with Crippen molar-refractivity contribution in [1.29, 1.82) is 0 Å². The van der Waals surface area contributed by atoms with Crippen LogP contribution in [0, 0.1) is 0 Å². The van der Waals surface area contributed by atoms with Crippen molar-refractivity contribution < 1.29 is 0 Å². The van der Waals surface area contributed by atoms with Crippen LogP contribution < -0.4 is 0 Å². The van der Waals surface area contributed by atoms with Crippen molar-refractivity contribution in [2.75, 3.05) is 0 Å². The molecule has 0 spiro atoms. The Bertz CT molecular complexity index is 364. The van der Waals surface area contributed by atoms with Gasteiger partial charge in [0.05, 0.1) is 0 Å². The molecule has 2 heteroatoms. The molecule has 0 atom stereocenters. The third-order valence-electron chi connectivity index (χ3n) is 2.09. The van der Waals surface area contributed by atoms with Crippen LogP contribution in [0.5, 0.6) is 0 Å². The van der Waals surface area contributed by atoms with E-state index in [1.54, 1.807) is 0 Å². The van der Waals surface area contributed by atoms with E-state index in [-0.39, 0.29) is 0 Å². The summed E-state index contributed by atoms with van der Waals surface area (Å²) >= 11 is 7.10. The summed E-state index contributed by atoms with van der Waals surface area (Å²) in [5, 5.41) is 0. The normalized spacial score (nSPS) is 14.4. The largest absolute Gasteiger partial charge is 0.0682 e. The van der Waals surface area contributed by atoms with Crippen LogP contribution in [0.15, 0.2) is 26.7 Å². The van der Waals surface area contributed by atoms with Crippen LogP contribution in [-0.4, -0.2) is 0 Å². The Balaban J connectivity index is 2.66. The number of fused-ring (bicyclic) bond motifs is 1. The Kier molecular flexibility index (Phi) is 2.13. The van der Waals surface area contributed by atoms with Gasteiger partial charge in [-0.2, -0.15) is 0 Å². The minimum absolute atomic E-state index is 1.08. The van der Waals surface area contributed by atoms with Crippen LogP contribution in [0.1, 0.15) is 18.1 Å². The molecule has 0 radical (unpaired) electrons. The van der Waals surface area contributed by atoms with Crippen LogP contribution in [0.2, 0.25) is 0 Å². The molecule has 1 aliphatic carbocycles. The maximum Gasteiger partial charge on any atom is 0.0251 e. The standard InChI is InChI=1S/C10H8Br2/c1-6-4-7-8(5-6)10(12)3-2-9(7)11/h2-4H,5H2,1H3. The van der Waals surface area contributed by atoms with E-state index in [0.29, 0.717) is 0 Å². The third-order valence-corrected chi connectivity index (χ3v) is 3.53. The van der Waals surface area contributed by atoms with Gasteiger partial charge >= 0.3 is 0 Å². The average molecular weight is 288 g/mol. The number of hydrogen-bond acceptors (Lipinski definition) is 0. The molecule has 0 N–H and O–H groups in total. The number of rotatable bonds is 0. The number of halogens is 2. The van der Waals surface area contributed by atoms with Crippen molar-refractivity contribution in [2.45, 2.75) is 13.3 Å². The monoisotopic (exact) mass is 286 g/mol. The minimum atomic E-state index is 1.08. The predicted molar refractivity (Wildman–Crippen MR) is 59.2 cm³/mol. The number of benzene rings is 1. The molecule has 0 aromatic heterocycles. The summed E-state index contributed by atoms with van der Waals surface area (Å²) in [6, 6.07) is 4.17. The van der Waals surface area contributed by atoms with E-state index in [9.17, 15) is 0 Å². The lowest BCUT2D eigenvalue weighted by atomic mass is 10.1. The highest BCUT2D eigenvalue weighted by atomic mass is 79.9. The van der Waals surface area contributed by atoms with Gasteiger partial charge in [0, 0.05) is 8.95 Å². The van der Waals surface area contributed by atoms with E-state index in [0.717, 1.165) is 6.42 Å². The number of allylic oxidation sites excluding steroid dienone is 1. The van der Waals surface area contributed by atoms with Crippen molar-refractivity contribution in [1.82, 2.24) is 0 Å². The molecule has 62 valence electrons. The van der Waals surface area contributed by atoms with Crippen molar-refractivity contribution in [3.63, 3.8) is 0 Å². The molecule has 1 aromatic carbocycles. The zero-order valence-corrected chi connectivity index (χ0v) is 9.87. The molecule has 1 aromatic rings. The fourth-order valence-corrected chi connectivity index (χ4v) is 2.49. The maximum absolute atomic E-state index is 3.55. The summed E-state index contributed by atoms with van der Waals surface area (Å²) in [6.07, 6.45) is 3.32. The SMILES string of the molecule is CC1=Cc2c(Br)ccc(Br)c2C1. The molecular weight excluding hydrogens is 280 g/mol. The lowest BCUT2D eigenvalue weighted by molar-refractivity contribution is 1.18. The first-order chi connectivity index (χ1) is 5.68. The zero-order chi connectivity index (χ0) is 8.72. The number of hydrogen-bond donors (Lipinski definition) is 0. The summed E-state index contributed by atoms with van der Waals surface area (Å²) in [5.74, 6) is 0. The molecule has 0 nitrogen and oxygen atoms in total. The van der Waals surface area contributed by atoms with Crippen LogP contribution in [0.4, 0.5) is 0 Å². The quantitative estimate of drug-likeness (QED) is 0.672. The van der Waals surface area contributed by atoms with Crippen molar-refractivity contribution in [3.8, 4) is 0 Å². The van der Waals surface area contributed by atoms with E-state index in [2.05, 4.69) is 57.0 Å². The third kappa shape index (κ3) is 1.27. The molecular formula is C10H8Br2. The van der Waals surface area contributed by atoms with E-state index >= 15 is 0 Å². The lowest BCUT2D eigenvalue weighted by Crippen LogP contribution is -1.85. The minimum Gasteiger partial charge on any atom is -0.0682 e. The highest BCUT2D eigenvalue weighted by Crippen LogP contribution is 2.35. The van der Waals surface area contributed by atoms with Gasteiger partial charge < -0.3 is 0 Å². The Hall–Kier alpha value is -0.0800. The zero-order valence-electron chi connectivity index (χ0n) is 6.70. The second-order valence-electron chi connectivity index (χ2n) is 3.09. The van der Waals surface area contributed by atoms with Gasteiger partial charge in [0.25, 0.3) is 0 Å². The summed E-state index contributed by atoms with van der Waals surface area (Å²) in [6.45, 7) is 2.17. The second kappa shape index (κ2) is 3.00. The smallest absolute Gasteiger partial charge is 0.0251 e. The van der Waals surface area contributed by atoms with Gasteiger partial charge in [-0.05, 0) is 36.6 Å². The topological polar surface area (TPSA) is 0 Å². The van der Waals surface area contributed by atoms with E-state index in [4.69, 9.17) is 0 Å². The summed E-state index contributed by atoms with van der Waals surface area (Å²) < 4.78 is 2.41. The van der Waals surface area contributed by atoms with E-state index in [1.807, 2.05) is 0 Å². The fraction of sp³-hybridized carbons (Fsp3) is 0.200. The highest BCUT2D eigenvalue weighted by molar-refractivity contribution is 9.11. The average Bonchev–Trinajstić information content (AvgIpc) is 2.41. The molecule has 0 saturated heterocycles. The first-order valence-electron chi connectivity index (χ1n) is 3.82. The van der Waals surface area contributed by atoms with Gasteiger partial charge in [-0.25, -0.2) is 0 Å². The first kappa shape index (κ1) is 8.52. The Labute approximate surface area is 88.9 Å². The van der Waals surface area contributed by atoms with Gasteiger partial charge in [0.2, 0.25) is 0 Å². The van der Waals surface area contributed by atoms with Crippen LogP contribution in [0.25, 0.3) is 6.08 Å². The van der Waals surface area contributed by atoms with Gasteiger partial charge in [0.15, 0.2) is 0 Å². The molecule has 0 unspecified atom stereocenters. The molecule has 0 aliphatic heterocycles. The summed E-state index contributed by atoms with van der Waals surface area (Å²) in [5.41, 5.74) is 4.17.